The van der Waals surface area contributed by atoms with E-state index in [0.29, 0.717) is 6.54 Å². The van der Waals surface area contributed by atoms with Gasteiger partial charge in [-0.15, -0.1) is 0 Å². The van der Waals surface area contributed by atoms with Crippen LogP contribution in [0.3, 0.4) is 0 Å². The van der Waals surface area contributed by atoms with Gasteiger partial charge in [0.1, 0.15) is 5.82 Å². The highest BCUT2D eigenvalue weighted by atomic mass is 15.3. The van der Waals surface area contributed by atoms with Gasteiger partial charge in [0.15, 0.2) is 0 Å². The third-order valence-electron chi connectivity index (χ3n) is 4.31. The first-order valence-corrected chi connectivity index (χ1v) is 8.39. The summed E-state index contributed by atoms with van der Waals surface area (Å²) in [7, 11) is 1.95. The van der Waals surface area contributed by atoms with Gasteiger partial charge in [0.2, 0.25) is 0 Å². The van der Waals surface area contributed by atoms with Gasteiger partial charge in [-0.05, 0) is 24.6 Å². The lowest BCUT2D eigenvalue weighted by atomic mass is 10.1. The van der Waals surface area contributed by atoms with Crippen molar-refractivity contribution in [3.63, 3.8) is 0 Å². The van der Waals surface area contributed by atoms with Crippen LogP contribution in [-0.4, -0.2) is 14.8 Å². The number of benzene rings is 2. The van der Waals surface area contributed by atoms with Gasteiger partial charge >= 0.3 is 0 Å². The van der Waals surface area contributed by atoms with Crippen molar-refractivity contribution in [3.8, 4) is 11.3 Å². The molecule has 0 saturated heterocycles. The number of fused-ring (bicyclic) bond motifs is 1. The molecule has 0 bridgehead atoms. The van der Waals surface area contributed by atoms with Crippen molar-refractivity contribution in [1.29, 1.82) is 0 Å². The minimum atomic E-state index is 0.685. The molecule has 4 heteroatoms. The quantitative estimate of drug-likeness (QED) is 0.597. The standard InChI is InChI=1S/C21H20N4/c1-15-12-17-10-6-7-11-19(17)23-21(15)22-13-18-14-25(2)24-20(18)16-8-4-3-5-9-16/h3-12,14H,13H2,1-2H3,(H,22,23). The van der Waals surface area contributed by atoms with E-state index < -0.39 is 0 Å². The number of nitrogens with zero attached hydrogens (tertiary/aromatic N) is 3. The Morgan fingerprint density at radius 2 is 1.76 bits per heavy atom. The Hall–Kier alpha value is -3.14. The van der Waals surface area contributed by atoms with E-state index in [1.807, 2.05) is 48.1 Å². The molecule has 0 amide bonds. The first kappa shape index (κ1) is 15.4. The zero-order valence-corrected chi connectivity index (χ0v) is 14.4. The van der Waals surface area contributed by atoms with Gasteiger partial charge in [-0.1, -0.05) is 48.5 Å². The maximum atomic E-state index is 4.76. The summed E-state index contributed by atoms with van der Waals surface area (Å²) in [4.78, 5) is 4.76. The number of anilines is 1. The molecule has 4 nitrogen and oxygen atoms in total. The van der Waals surface area contributed by atoms with Crippen molar-refractivity contribution in [2.45, 2.75) is 13.5 Å². The number of hydrogen-bond acceptors (Lipinski definition) is 3. The van der Waals surface area contributed by atoms with E-state index in [4.69, 9.17) is 4.98 Å². The van der Waals surface area contributed by atoms with Crippen LogP contribution in [0.5, 0.6) is 0 Å². The summed E-state index contributed by atoms with van der Waals surface area (Å²) in [5, 5.41) is 9.27. The summed E-state index contributed by atoms with van der Waals surface area (Å²) in [6, 6.07) is 20.6. The maximum Gasteiger partial charge on any atom is 0.129 e. The van der Waals surface area contributed by atoms with Crippen molar-refractivity contribution in [3.05, 3.63) is 78.0 Å². The fraction of sp³-hybridized carbons (Fsp3) is 0.143. The van der Waals surface area contributed by atoms with Crippen LogP contribution < -0.4 is 5.32 Å². The Bertz CT molecular complexity index is 1020. The van der Waals surface area contributed by atoms with Crippen LogP contribution in [0.15, 0.2) is 66.9 Å². The van der Waals surface area contributed by atoms with Crippen molar-refractivity contribution in [2.24, 2.45) is 7.05 Å². The lowest BCUT2D eigenvalue weighted by Crippen LogP contribution is -2.04. The number of rotatable bonds is 4. The van der Waals surface area contributed by atoms with Gasteiger partial charge < -0.3 is 5.32 Å². The minimum Gasteiger partial charge on any atom is -0.366 e. The average molecular weight is 328 g/mol. The number of nitrogens with one attached hydrogen (secondary N) is 1. The molecular weight excluding hydrogens is 308 g/mol. The third kappa shape index (κ3) is 3.11. The molecule has 0 aliphatic carbocycles. The van der Waals surface area contributed by atoms with Crippen LogP contribution in [0.25, 0.3) is 22.2 Å². The lowest BCUT2D eigenvalue weighted by molar-refractivity contribution is 0.770. The highest BCUT2D eigenvalue weighted by Crippen LogP contribution is 2.24. The highest BCUT2D eigenvalue weighted by Gasteiger charge is 2.11. The van der Waals surface area contributed by atoms with Crippen LogP contribution in [0.4, 0.5) is 5.82 Å². The normalized spacial score (nSPS) is 11.0. The molecule has 1 N–H and O–H groups in total. The molecule has 2 aromatic carbocycles. The monoisotopic (exact) mass is 328 g/mol. The molecule has 0 aliphatic heterocycles. The predicted molar refractivity (Wildman–Crippen MR) is 102 cm³/mol. The average Bonchev–Trinajstić information content (AvgIpc) is 3.01. The number of hydrogen-bond donors (Lipinski definition) is 1. The highest BCUT2D eigenvalue weighted by molar-refractivity contribution is 5.81. The van der Waals surface area contributed by atoms with Crippen LogP contribution in [0.1, 0.15) is 11.1 Å². The second-order valence-electron chi connectivity index (χ2n) is 6.24. The van der Waals surface area contributed by atoms with E-state index in [-0.39, 0.29) is 0 Å². The maximum absolute atomic E-state index is 4.76. The molecule has 124 valence electrons. The summed E-state index contributed by atoms with van der Waals surface area (Å²) in [5.41, 5.74) is 5.44. The molecule has 4 aromatic rings. The van der Waals surface area contributed by atoms with E-state index in [0.717, 1.165) is 39.1 Å². The Morgan fingerprint density at radius 1 is 1.00 bits per heavy atom. The van der Waals surface area contributed by atoms with Crippen molar-refractivity contribution < 1.29 is 0 Å². The second kappa shape index (κ2) is 6.40. The van der Waals surface area contributed by atoms with Gasteiger partial charge in [0.05, 0.1) is 11.2 Å². The minimum absolute atomic E-state index is 0.685. The molecule has 25 heavy (non-hydrogen) atoms. The molecule has 0 spiro atoms. The molecule has 2 aromatic heterocycles. The first-order valence-electron chi connectivity index (χ1n) is 8.39. The summed E-state index contributed by atoms with van der Waals surface area (Å²) < 4.78 is 1.86. The van der Waals surface area contributed by atoms with Crippen LogP contribution in [-0.2, 0) is 13.6 Å². The summed E-state index contributed by atoms with van der Waals surface area (Å²) >= 11 is 0. The van der Waals surface area contributed by atoms with Crippen molar-refractivity contribution in [2.75, 3.05) is 5.32 Å². The van der Waals surface area contributed by atoms with Crippen LogP contribution in [0.2, 0.25) is 0 Å². The van der Waals surface area contributed by atoms with Gasteiger partial charge in [-0.25, -0.2) is 4.98 Å². The number of aryl methyl sites for hydroxylation is 2. The third-order valence-corrected chi connectivity index (χ3v) is 4.31. The summed E-state index contributed by atoms with van der Waals surface area (Å²) in [6.07, 6.45) is 2.06. The van der Waals surface area contributed by atoms with Gasteiger partial charge in [0.25, 0.3) is 0 Å². The number of pyridine rings is 1. The van der Waals surface area contributed by atoms with Crippen molar-refractivity contribution in [1.82, 2.24) is 14.8 Å². The van der Waals surface area contributed by atoms with E-state index >= 15 is 0 Å². The molecule has 2 heterocycles. The van der Waals surface area contributed by atoms with E-state index in [1.165, 1.54) is 0 Å². The van der Waals surface area contributed by atoms with E-state index in [1.54, 1.807) is 0 Å². The first-order chi connectivity index (χ1) is 12.2. The Morgan fingerprint density at radius 3 is 2.60 bits per heavy atom. The topological polar surface area (TPSA) is 42.7 Å². The largest absolute Gasteiger partial charge is 0.366 e. The van der Waals surface area contributed by atoms with E-state index in [9.17, 15) is 0 Å². The number of para-hydroxylation sites is 1. The molecular formula is C21H20N4. The fourth-order valence-electron chi connectivity index (χ4n) is 3.09. The fourth-order valence-corrected chi connectivity index (χ4v) is 3.09. The predicted octanol–water partition coefficient (Wildman–Crippen LogP) is 4.56. The van der Waals surface area contributed by atoms with Gasteiger partial charge in [-0.2, -0.15) is 5.10 Å². The Balaban J connectivity index is 1.63. The molecule has 0 radical (unpaired) electrons. The van der Waals surface area contributed by atoms with Crippen LogP contribution in [0, 0.1) is 6.92 Å². The Labute approximate surface area is 147 Å². The zero-order valence-electron chi connectivity index (χ0n) is 14.4. The second-order valence-corrected chi connectivity index (χ2v) is 6.24. The van der Waals surface area contributed by atoms with E-state index in [2.05, 4.69) is 47.8 Å². The summed E-state index contributed by atoms with van der Waals surface area (Å²) in [5.74, 6) is 0.918. The lowest BCUT2D eigenvalue weighted by Gasteiger charge is -2.10. The van der Waals surface area contributed by atoms with Crippen molar-refractivity contribution >= 4 is 16.7 Å². The molecule has 0 aliphatic rings. The van der Waals surface area contributed by atoms with Crippen LogP contribution >= 0.6 is 0 Å². The zero-order chi connectivity index (χ0) is 17.2. The molecule has 0 atom stereocenters. The smallest absolute Gasteiger partial charge is 0.129 e. The molecule has 0 saturated carbocycles. The Kier molecular flexibility index (Phi) is 3.94. The molecule has 0 unspecified atom stereocenters. The number of aromatic nitrogens is 3. The SMILES string of the molecule is Cc1cc2ccccc2nc1NCc1cn(C)nc1-c1ccccc1. The van der Waals surface area contributed by atoms with Gasteiger partial charge in [-0.3, -0.25) is 4.68 Å². The molecule has 0 fully saturated rings. The van der Waals surface area contributed by atoms with Gasteiger partial charge in [0, 0.05) is 36.3 Å². The summed E-state index contributed by atoms with van der Waals surface area (Å²) in [6.45, 7) is 2.77. The molecule has 4 rings (SSSR count).